The van der Waals surface area contributed by atoms with E-state index in [2.05, 4.69) is 36.7 Å². The van der Waals surface area contributed by atoms with Crippen LogP contribution in [0.3, 0.4) is 0 Å². The number of ether oxygens (including phenoxy) is 1. The first-order valence-corrected chi connectivity index (χ1v) is 7.24. The number of nitrogens with two attached hydrogens (primary N) is 1. The van der Waals surface area contributed by atoms with Crippen molar-refractivity contribution >= 4 is 0 Å². The van der Waals surface area contributed by atoms with Gasteiger partial charge in [0, 0.05) is 24.7 Å². The third-order valence-corrected chi connectivity index (χ3v) is 3.92. The average molecular weight is 272 g/mol. The standard InChI is InChI=1S/C17H24N2O/c1-13-9-14(2)19(11-13)12-16-10-17(20-3)7-6-15(16)5-4-8-18/h6-7,10,13-14H,8-9,11-12,18H2,1-3H3. The molecular weight excluding hydrogens is 248 g/mol. The Morgan fingerprint density at radius 2 is 2.20 bits per heavy atom. The van der Waals surface area contributed by atoms with Gasteiger partial charge in [0.15, 0.2) is 0 Å². The average Bonchev–Trinajstić information content (AvgIpc) is 2.75. The summed E-state index contributed by atoms with van der Waals surface area (Å²) in [5, 5.41) is 0. The van der Waals surface area contributed by atoms with Crippen molar-refractivity contribution in [1.82, 2.24) is 4.90 Å². The van der Waals surface area contributed by atoms with Gasteiger partial charge in [-0.2, -0.15) is 0 Å². The smallest absolute Gasteiger partial charge is 0.119 e. The van der Waals surface area contributed by atoms with Crippen LogP contribution in [0.15, 0.2) is 18.2 Å². The molecule has 0 amide bonds. The number of hydrogen-bond acceptors (Lipinski definition) is 3. The Labute approximate surface area is 122 Å². The zero-order valence-electron chi connectivity index (χ0n) is 12.6. The molecule has 108 valence electrons. The molecule has 0 spiro atoms. The quantitative estimate of drug-likeness (QED) is 0.858. The van der Waals surface area contributed by atoms with Crippen LogP contribution in [-0.2, 0) is 6.54 Å². The van der Waals surface area contributed by atoms with E-state index in [1.807, 2.05) is 12.1 Å². The molecular formula is C17H24N2O. The highest BCUT2D eigenvalue weighted by molar-refractivity contribution is 5.45. The van der Waals surface area contributed by atoms with Crippen LogP contribution in [0.5, 0.6) is 5.75 Å². The second-order valence-electron chi connectivity index (χ2n) is 5.65. The van der Waals surface area contributed by atoms with Gasteiger partial charge in [0.25, 0.3) is 0 Å². The molecule has 1 aromatic rings. The van der Waals surface area contributed by atoms with Crippen molar-refractivity contribution in [2.75, 3.05) is 20.2 Å². The summed E-state index contributed by atoms with van der Waals surface area (Å²) in [4.78, 5) is 2.52. The first kappa shape index (κ1) is 14.9. The molecule has 20 heavy (non-hydrogen) atoms. The van der Waals surface area contributed by atoms with Gasteiger partial charge in [-0.25, -0.2) is 0 Å². The number of nitrogens with zero attached hydrogens (tertiary/aromatic N) is 1. The maximum absolute atomic E-state index is 5.48. The third kappa shape index (κ3) is 3.53. The molecule has 0 saturated carbocycles. The number of likely N-dealkylation sites (tertiary alicyclic amines) is 1. The molecule has 2 unspecified atom stereocenters. The highest BCUT2D eigenvalue weighted by Crippen LogP contribution is 2.26. The lowest BCUT2D eigenvalue weighted by atomic mass is 10.1. The van der Waals surface area contributed by atoms with Gasteiger partial charge >= 0.3 is 0 Å². The fraction of sp³-hybridized carbons (Fsp3) is 0.529. The van der Waals surface area contributed by atoms with Gasteiger partial charge in [-0.15, -0.1) is 0 Å². The largest absolute Gasteiger partial charge is 0.497 e. The molecule has 0 aliphatic carbocycles. The maximum Gasteiger partial charge on any atom is 0.119 e. The Morgan fingerprint density at radius 1 is 1.40 bits per heavy atom. The molecule has 2 rings (SSSR count). The molecule has 1 aliphatic rings. The van der Waals surface area contributed by atoms with Crippen molar-refractivity contribution < 1.29 is 4.74 Å². The lowest BCUT2D eigenvalue weighted by Gasteiger charge is -2.22. The van der Waals surface area contributed by atoms with E-state index in [0.29, 0.717) is 12.6 Å². The summed E-state index contributed by atoms with van der Waals surface area (Å²) in [5.41, 5.74) is 7.76. The topological polar surface area (TPSA) is 38.5 Å². The van der Waals surface area contributed by atoms with Gasteiger partial charge in [-0.3, -0.25) is 4.90 Å². The number of methoxy groups -OCH3 is 1. The molecule has 2 atom stereocenters. The van der Waals surface area contributed by atoms with Crippen LogP contribution in [-0.4, -0.2) is 31.1 Å². The fourth-order valence-electron chi connectivity index (χ4n) is 2.92. The predicted octanol–water partition coefficient (Wildman–Crippen LogP) is 2.24. The number of rotatable bonds is 3. The van der Waals surface area contributed by atoms with E-state index < -0.39 is 0 Å². The second kappa shape index (κ2) is 6.78. The SMILES string of the molecule is COc1ccc(C#CCN)c(CN2CC(C)CC2C)c1. The van der Waals surface area contributed by atoms with Crippen molar-refractivity contribution in [3.05, 3.63) is 29.3 Å². The molecule has 1 aromatic carbocycles. The molecule has 3 heteroatoms. The Morgan fingerprint density at radius 3 is 2.80 bits per heavy atom. The monoisotopic (exact) mass is 272 g/mol. The lowest BCUT2D eigenvalue weighted by Crippen LogP contribution is -2.26. The molecule has 0 aromatic heterocycles. The summed E-state index contributed by atoms with van der Waals surface area (Å²) < 4.78 is 5.34. The van der Waals surface area contributed by atoms with Crippen LogP contribution < -0.4 is 10.5 Å². The Kier molecular flexibility index (Phi) is 5.05. The Bertz CT molecular complexity index is 515. The van der Waals surface area contributed by atoms with Crippen LogP contribution in [0.4, 0.5) is 0 Å². The van der Waals surface area contributed by atoms with Gasteiger partial charge < -0.3 is 10.5 Å². The van der Waals surface area contributed by atoms with Crippen LogP contribution in [0, 0.1) is 17.8 Å². The van der Waals surface area contributed by atoms with E-state index in [9.17, 15) is 0 Å². The summed E-state index contributed by atoms with van der Waals surface area (Å²) >= 11 is 0. The van der Waals surface area contributed by atoms with E-state index >= 15 is 0 Å². The van der Waals surface area contributed by atoms with Crippen LogP contribution in [0.1, 0.15) is 31.4 Å². The van der Waals surface area contributed by atoms with Crippen molar-refractivity contribution in [1.29, 1.82) is 0 Å². The molecule has 1 saturated heterocycles. The van der Waals surface area contributed by atoms with Gasteiger partial charge in [0.05, 0.1) is 13.7 Å². The minimum Gasteiger partial charge on any atom is -0.497 e. The van der Waals surface area contributed by atoms with Crippen molar-refractivity contribution in [2.24, 2.45) is 11.7 Å². The highest BCUT2D eigenvalue weighted by atomic mass is 16.5. The van der Waals surface area contributed by atoms with Crippen LogP contribution in [0.2, 0.25) is 0 Å². The van der Waals surface area contributed by atoms with Crippen LogP contribution in [0.25, 0.3) is 0 Å². The summed E-state index contributed by atoms with van der Waals surface area (Å²) in [6.07, 6.45) is 1.27. The third-order valence-electron chi connectivity index (χ3n) is 3.92. The molecule has 1 aliphatic heterocycles. The van der Waals surface area contributed by atoms with Gasteiger partial charge in [0.1, 0.15) is 5.75 Å². The zero-order chi connectivity index (χ0) is 14.5. The Hall–Kier alpha value is -1.50. The second-order valence-corrected chi connectivity index (χ2v) is 5.65. The number of benzene rings is 1. The van der Waals surface area contributed by atoms with E-state index in [1.54, 1.807) is 7.11 Å². The maximum atomic E-state index is 5.48. The normalized spacial score (nSPS) is 22.4. The highest BCUT2D eigenvalue weighted by Gasteiger charge is 2.26. The minimum atomic E-state index is 0.391. The minimum absolute atomic E-state index is 0.391. The molecule has 0 bridgehead atoms. The first-order chi connectivity index (χ1) is 9.63. The zero-order valence-corrected chi connectivity index (χ0v) is 12.6. The summed E-state index contributed by atoms with van der Waals surface area (Å²) in [5.74, 6) is 7.77. The lowest BCUT2D eigenvalue weighted by molar-refractivity contribution is 0.256. The molecule has 2 N–H and O–H groups in total. The van der Waals surface area contributed by atoms with Gasteiger partial charge in [-0.1, -0.05) is 18.8 Å². The fourth-order valence-corrected chi connectivity index (χ4v) is 2.92. The first-order valence-electron chi connectivity index (χ1n) is 7.24. The molecule has 3 nitrogen and oxygen atoms in total. The number of hydrogen-bond donors (Lipinski definition) is 1. The van der Waals surface area contributed by atoms with E-state index in [-0.39, 0.29) is 0 Å². The predicted molar refractivity (Wildman–Crippen MR) is 82.6 cm³/mol. The molecule has 1 fully saturated rings. The van der Waals surface area contributed by atoms with Crippen molar-refractivity contribution in [3.8, 4) is 17.6 Å². The van der Waals surface area contributed by atoms with Crippen LogP contribution >= 0.6 is 0 Å². The van der Waals surface area contributed by atoms with Gasteiger partial charge in [-0.05, 0) is 43.0 Å². The van der Waals surface area contributed by atoms with E-state index in [0.717, 1.165) is 30.3 Å². The molecule has 0 radical (unpaired) electrons. The Balaban J connectivity index is 2.23. The van der Waals surface area contributed by atoms with Gasteiger partial charge in [0.2, 0.25) is 0 Å². The van der Waals surface area contributed by atoms with Crippen molar-refractivity contribution in [2.45, 2.75) is 32.9 Å². The van der Waals surface area contributed by atoms with Crippen molar-refractivity contribution in [3.63, 3.8) is 0 Å². The molecule has 1 heterocycles. The van der Waals surface area contributed by atoms with E-state index in [4.69, 9.17) is 10.5 Å². The summed E-state index contributed by atoms with van der Waals surface area (Å²) in [6.45, 7) is 7.09. The van der Waals surface area contributed by atoms with E-state index in [1.165, 1.54) is 12.0 Å². The summed E-state index contributed by atoms with van der Waals surface area (Å²) in [6, 6.07) is 6.71. The summed E-state index contributed by atoms with van der Waals surface area (Å²) in [7, 11) is 1.70.